The van der Waals surface area contributed by atoms with E-state index in [9.17, 15) is 4.39 Å². The molecule has 0 fully saturated rings. The smallest absolute Gasteiger partial charge is 0.188 e. The van der Waals surface area contributed by atoms with Gasteiger partial charge in [0.25, 0.3) is 0 Å². The zero-order valence-corrected chi connectivity index (χ0v) is 11.7. The first-order valence-corrected chi connectivity index (χ1v) is 6.91. The molecule has 5 heteroatoms. The molecule has 100 valence electrons. The average Bonchev–Trinajstić information content (AvgIpc) is 2.35. The van der Waals surface area contributed by atoms with E-state index >= 15 is 0 Å². The van der Waals surface area contributed by atoms with Gasteiger partial charge < -0.3 is 5.73 Å². The van der Waals surface area contributed by atoms with Crippen LogP contribution in [0.2, 0.25) is 0 Å². The van der Waals surface area contributed by atoms with E-state index in [2.05, 4.69) is 9.97 Å². The number of benzene rings is 1. The maximum absolute atomic E-state index is 13.3. The molecule has 19 heavy (non-hydrogen) atoms. The summed E-state index contributed by atoms with van der Waals surface area (Å²) in [7, 11) is 0. The van der Waals surface area contributed by atoms with E-state index < -0.39 is 0 Å². The molecule has 0 radical (unpaired) electrons. The van der Waals surface area contributed by atoms with Gasteiger partial charge in [0.2, 0.25) is 0 Å². The van der Waals surface area contributed by atoms with E-state index in [0.717, 1.165) is 11.3 Å². The Hall–Kier alpha value is -1.46. The van der Waals surface area contributed by atoms with E-state index in [1.165, 1.54) is 23.9 Å². The maximum Gasteiger partial charge on any atom is 0.188 e. The largest absolute Gasteiger partial charge is 0.327 e. The van der Waals surface area contributed by atoms with Crippen molar-refractivity contribution in [3.05, 3.63) is 53.6 Å². The van der Waals surface area contributed by atoms with Crippen molar-refractivity contribution in [1.82, 2.24) is 9.97 Å². The second kappa shape index (κ2) is 6.12. The molecule has 1 aromatic heterocycles. The summed E-state index contributed by atoms with van der Waals surface area (Å²) in [5, 5.41) is 0.587. The lowest BCUT2D eigenvalue weighted by atomic mass is 10.1. The Balaban J connectivity index is 2.26. The van der Waals surface area contributed by atoms with Crippen molar-refractivity contribution in [2.24, 2.45) is 5.73 Å². The molecular formula is C14H16FN3S. The average molecular weight is 277 g/mol. The molecule has 0 aliphatic heterocycles. The van der Waals surface area contributed by atoms with Gasteiger partial charge in [0.05, 0.1) is 5.25 Å². The third kappa shape index (κ3) is 3.75. The number of halogens is 1. The van der Waals surface area contributed by atoms with Crippen molar-refractivity contribution in [3.63, 3.8) is 0 Å². The Kier molecular flexibility index (Phi) is 4.50. The zero-order chi connectivity index (χ0) is 13.8. The summed E-state index contributed by atoms with van der Waals surface area (Å²) in [4.78, 5) is 8.56. The topological polar surface area (TPSA) is 51.8 Å². The lowest BCUT2D eigenvalue weighted by Crippen LogP contribution is -2.23. The molecule has 2 N–H and O–H groups in total. The van der Waals surface area contributed by atoms with E-state index in [-0.39, 0.29) is 17.1 Å². The van der Waals surface area contributed by atoms with E-state index in [1.54, 1.807) is 12.3 Å². The van der Waals surface area contributed by atoms with Crippen LogP contribution < -0.4 is 5.73 Å². The number of rotatable bonds is 4. The minimum atomic E-state index is -0.256. The quantitative estimate of drug-likeness (QED) is 0.689. The van der Waals surface area contributed by atoms with Crippen LogP contribution in [0.25, 0.3) is 0 Å². The molecule has 3 nitrogen and oxygen atoms in total. The number of aromatic nitrogens is 2. The zero-order valence-electron chi connectivity index (χ0n) is 10.9. The molecule has 0 spiro atoms. The fourth-order valence-electron chi connectivity index (χ4n) is 1.76. The first-order valence-electron chi connectivity index (χ1n) is 6.03. The van der Waals surface area contributed by atoms with Crippen LogP contribution >= 0.6 is 11.8 Å². The summed E-state index contributed by atoms with van der Waals surface area (Å²) >= 11 is 1.46. The normalized spacial score (nSPS) is 14.1. The summed E-state index contributed by atoms with van der Waals surface area (Å²) in [6, 6.07) is 8.22. The summed E-state index contributed by atoms with van der Waals surface area (Å²) in [5.41, 5.74) is 7.76. The van der Waals surface area contributed by atoms with Crippen LogP contribution in [0.3, 0.4) is 0 Å². The van der Waals surface area contributed by atoms with Crippen LogP contribution in [0.5, 0.6) is 0 Å². The fourth-order valence-corrected chi connectivity index (χ4v) is 2.80. The number of aryl methyl sites for hydroxylation is 1. The van der Waals surface area contributed by atoms with Gasteiger partial charge in [-0.1, -0.05) is 23.9 Å². The third-order valence-corrected chi connectivity index (χ3v) is 4.02. The molecule has 1 aromatic carbocycles. The van der Waals surface area contributed by atoms with Crippen molar-refractivity contribution in [2.45, 2.75) is 30.3 Å². The number of nitrogens with two attached hydrogens (primary N) is 1. The highest BCUT2D eigenvalue weighted by molar-refractivity contribution is 7.99. The van der Waals surface area contributed by atoms with Crippen molar-refractivity contribution >= 4 is 11.8 Å². The number of hydrogen-bond acceptors (Lipinski definition) is 4. The van der Waals surface area contributed by atoms with Gasteiger partial charge in [-0.15, -0.1) is 0 Å². The van der Waals surface area contributed by atoms with E-state index in [1.807, 2.05) is 26.0 Å². The molecule has 2 unspecified atom stereocenters. The molecule has 0 saturated carbocycles. The van der Waals surface area contributed by atoms with Crippen LogP contribution in [0.4, 0.5) is 4.39 Å². The standard InChI is InChI=1S/C14H16FN3S/c1-9-6-7-17-14(18-9)19-13(10(2)16)11-4-3-5-12(15)8-11/h3-8,10,13H,16H2,1-2H3. The molecule has 1 heterocycles. The molecule has 0 bridgehead atoms. The van der Waals surface area contributed by atoms with Gasteiger partial charge >= 0.3 is 0 Å². The van der Waals surface area contributed by atoms with Gasteiger partial charge in [0.1, 0.15) is 5.82 Å². The van der Waals surface area contributed by atoms with Gasteiger partial charge in [-0.3, -0.25) is 0 Å². The van der Waals surface area contributed by atoms with Crippen molar-refractivity contribution in [3.8, 4) is 0 Å². The summed E-state index contributed by atoms with van der Waals surface area (Å²) in [6.45, 7) is 3.81. The highest BCUT2D eigenvalue weighted by Gasteiger charge is 2.19. The van der Waals surface area contributed by atoms with E-state index in [0.29, 0.717) is 5.16 Å². The Bertz CT molecular complexity index is 560. The summed E-state index contributed by atoms with van der Waals surface area (Å²) in [6.07, 6.45) is 1.72. The number of hydrogen-bond donors (Lipinski definition) is 1. The minimum Gasteiger partial charge on any atom is -0.327 e. The molecule has 2 rings (SSSR count). The van der Waals surface area contributed by atoms with Gasteiger partial charge in [-0.05, 0) is 37.6 Å². The minimum absolute atomic E-state index is 0.0718. The van der Waals surface area contributed by atoms with Crippen LogP contribution in [0, 0.1) is 12.7 Å². The van der Waals surface area contributed by atoms with Crippen molar-refractivity contribution in [2.75, 3.05) is 0 Å². The Labute approximate surface area is 116 Å². The molecular weight excluding hydrogens is 261 g/mol. The highest BCUT2D eigenvalue weighted by atomic mass is 32.2. The van der Waals surface area contributed by atoms with Crippen molar-refractivity contribution in [1.29, 1.82) is 0 Å². The number of nitrogens with zero attached hydrogens (tertiary/aromatic N) is 2. The molecule has 2 atom stereocenters. The monoisotopic (exact) mass is 277 g/mol. The van der Waals surface area contributed by atoms with Crippen LogP contribution in [-0.2, 0) is 0 Å². The molecule has 2 aromatic rings. The molecule has 0 aliphatic rings. The molecule has 0 amide bonds. The Morgan fingerprint density at radius 2 is 2.11 bits per heavy atom. The second-order valence-corrected chi connectivity index (χ2v) is 5.54. The third-order valence-electron chi connectivity index (χ3n) is 2.66. The second-order valence-electron chi connectivity index (χ2n) is 4.43. The lowest BCUT2D eigenvalue weighted by Gasteiger charge is -2.20. The summed E-state index contributed by atoms with van der Waals surface area (Å²) < 4.78 is 13.3. The van der Waals surface area contributed by atoms with E-state index in [4.69, 9.17) is 5.73 Å². The first kappa shape index (κ1) is 14.0. The fraction of sp³-hybridized carbons (Fsp3) is 0.286. The molecule has 0 saturated heterocycles. The van der Waals surface area contributed by atoms with Crippen LogP contribution in [-0.4, -0.2) is 16.0 Å². The predicted octanol–water partition coefficient (Wildman–Crippen LogP) is 3.10. The van der Waals surface area contributed by atoms with Crippen molar-refractivity contribution < 1.29 is 4.39 Å². The predicted molar refractivity (Wildman–Crippen MR) is 75.4 cm³/mol. The SMILES string of the molecule is Cc1ccnc(SC(c2cccc(F)c2)C(C)N)n1. The summed E-state index contributed by atoms with van der Waals surface area (Å²) in [5.74, 6) is -0.256. The van der Waals surface area contributed by atoms with Crippen LogP contribution in [0.1, 0.15) is 23.4 Å². The van der Waals surface area contributed by atoms with Crippen LogP contribution in [0.15, 0.2) is 41.7 Å². The molecule has 0 aliphatic carbocycles. The Morgan fingerprint density at radius 1 is 1.32 bits per heavy atom. The number of thioether (sulfide) groups is 1. The lowest BCUT2D eigenvalue weighted by molar-refractivity contribution is 0.621. The van der Waals surface area contributed by atoms with Gasteiger partial charge in [-0.25, -0.2) is 14.4 Å². The Morgan fingerprint density at radius 3 is 2.74 bits per heavy atom. The maximum atomic E-state index is 13.3. The first-order chi connectivity index (χ1) is 9.06. The highest BCUT2D eigenvalue weighted by Crippen LogP contribution is 2.35. The van der Waals surface area contributed by atoms with Gasteiger partial charge in [-0.2, -0.15) is 0 Å². The van der Waals surface area contributed by atoms with Gasteiger partial charge in [0, 0.05) is 17.9 Å². The van der Waals surface area contributed by atoms with Gasteiger partial charge in [0.15, 0.2) is 5.16 Å².